The van der Waals surface area contributed by atoms with E-state index in [1.54, 1.807) is 0 Å². The summed E-state index contributed by atoms with van der Waals surface area (Å²) in [4.78, 5) is 11.6. The first-order valence-electron chi connectivity index (χ1n) is 7.04. The van der Waals surface area contributed by atoms with Gasteiger partial charge in [0.05, 0.1) is 7.11 Å². The number of likely N-dealkylation sites (N-methyl/N-ethyl adjacent to an activating group) is 1. The molecule has 0 saturated carbocycles. The van der Waals surface area contributed by atoms with Crippen molar-refractivity contribution in [2.24, 2.45) is 0 Å². The number of carbonyl (C=O) groups excluding carboxylic acids is 1. The highest BCUT2D eigenvalue weighted by molar-refractivity contribution is 5.75. The van der Waals surface area contributed by atoms with Crippen LogP contribution in [0.25, 0.3) is 0 Å². The summed E-state index contributed by atoms with van der Waals surface area (Å²) in [6.07, 6.45) is 0. The Morgan fingerprint density at radius 1 is 1.35 bits per heavy atom. The topological polar surface area (TPSA) is 47.6 Å². The molecule has 4 nitrogen and oxygen atoms in total. The second-order valence-electron chi connectivity index (χ2n) is 5.14. The predicted molar refractivity (Wildman–Crippen MR) is 80.2 cm³/mol. The van der Waals surface area contributed by atoms with Crippen LogP contribution in [0.3, 0.4) is 0 Å². The largest absolute Gasteiger partial charge is 0.491 e. The Morgan fingerprint density at radius 3 is 2.60 bits per heavy atom. The second-order valence-corrected chi connectivity index (χ2v) is 5.14. The maximum absolute atomic E-state index is 11.6. The summed E-state index contributed by atoms with van der Waals surface area (Å²) in [6, 6.07) is 5.72. The fourth-order valence-corrected chi connectivity index (χ4v) is 2.02. The molecule has 20 heavy (non-hydrogen) atoms. The van der Waals surface area contributed by atoms with Crippen molar-refractivity contribution in [3.63, 3.8) is 0 Å². The molecule has 0 bridgehead atoms. The average Bonchev–Trinajstić information content (AvgIpc) is 2.42. The molecule has 1 aromatic carbocycles. The Labute approximate surface area is 121 Å². The van der Waals surface area contributed by atoms with Gasteiger partial charge in [-0.25, -0.2) is 0 Å². The van der Waals surface area contributed by atoms with Gasteiger partial charge in [-0.1, -0.05) is 32.9 Å². The fourth-order valence-electron chi connectivity index (χ4n) is 2.02. The van der Waals surface area contributed by atoms with Crippen LogP contribution in [0, 0.1) is 6.92 Å². The van der Waals surface area contributed by atoms with Gasteiger partial charge in [0.15, 0.2) is 0 Å². The van der Waals surface area contributed by atoms with Gasteiger partial charge >= 0.3 is 5.97 Å². The van der Waals surface area contributed by atoms with Gasteiger partial charge < -0.3 is 14.8 Å². The van der Waals surface area contributed by atoms with Crippen molar-refractivity contribution < 1.29 is 14.3 Å². The van der Waals surface area contributed by atoms with Crippen LogP contribution in [0.2, 0.25) is 0 Å². The van der Waals surface area contributed by atoms with Crippen LogP contribution in [0.4, 0.5) is 0 Å². The van der Waals surface area contributed by atoms with Crippen molar-refractivity contribution in [3.8, 4) is 5.75 Å². The molecule has 0 spiro atoms. The number of carbonyl (C=O) groups is 1. The summed E-state index contributed by atoms with van der Waals surface area (Å²) in [5.41, 5.74) is 2.29. The molecule has 0 fully saturated rings. The zero-order chi connectivity index (χ0) is 15.1. The third-order valence-electron chi connectivity index (χ3n) is 3.13. The van der Waals surface area contributed by atoms with E-state index in [2.05, 4.69) is 31.3 Å². The van der Waals surface area contributed by atoms with Crippen LogP contribution < -0.4 is 10.1 Å². The molecule has 1 N–H and O–H groups in total. The van der Waals surface area contributed by atoms with E-state index in [-0.39, 0.29) is 12.6 Å². The molecule has 0 aliphatic rings. The molecule has 0 saturated heterocycles. The molecule has 0 aromatic heterocycles. The van der Waals surface area contributed by atoms with E-state index in [1.807, 2.05) is 19.9 Å². The quantitative estimate of drug-likeness (QED) is 0.780. The Balaban J connectivity index is 2.81. The number of aryl methyl sites for hydroxylation is 1. The molecule has 1 aromatic rings. The Bertz CT molecular complexity index is 443. The molecule has 0 radical (unpaired) electrons. The molecular weight excluding hydrogens is 254 g/mol. The summed E-state index contributed by atoms with van der Waals surface area (Å²) >= 11 is 0. The Kier molecular flexibility index (Phi) is 6.52. The molecule has 1 unspecified atom stereocenters. The number of rotatable bonds is 7. The molecule has 0 amide bonds. The van der Waals surface area contributed by atoms with E-state index in [0.717, 1.165) is 16.9 Å². The third-order valence-corrected chi connectivity index (χ3v) is 3.13. The van der Waals surface area contributed by atoms with Gasteiger partial charge in [-0.05, 0) is 36.6 Å². The van der Waals surface area contributed by atoms with Crippen molar-refractivity contribution >= 4 is 5.97 Å². The molecule has 112 valence electrons. The van der Waals surface area contributed by atoms with Gasteiger partial charge in [0.2, 0.25) is 0 Å². The van der Waals surface area contributed by atoms with Gasteiger partial charge in [0.25, 0.3) is 0 Å². The lowest BCUT2D eigenvalue weighted by Gasteiger charge is -2.19. The second kappa shape index (κ2) is 7.90. The van der Waals surface area contributed by atoms with Gasteiger partial charge in [0, 0.05) is 0 Å². The monoisotopic (exact) mass is 279 g/mol. The highest BCUT2D eigenvalue weighted by Gasteiger charge is 2.19. The first kappa shape index (κ1) is 16.5. The van der Waals surface area contributed by atoms with Gasteiger partial charge in [-0.2, -0.15) is 0 Å². The summed E-state index contributed by atoms with van der Waals surface area (Å²) in [6.45, 7) is 9.18. The number of methoxy groups -OCH3 is 1. The van der Waals surface area contributed by atoms with Crippen LogP contribution in [-0.2, 0) is 9.53 Å². The van der Waals surface area contributed by atoms with E-state index in [4.69, 9.17) is 9.47 Å². The van der Waals surface area contributed by atoms with Crippen LogP contribution in [0.5, 0.6) is 5.75 Å². The van der Waals surface area contributed by atoms with Gasteiger partial charge in [-0.3, -0.25) is 4.79 Å². The summed E-state index contributed by atoms with van der Waals surface area (Å²) < 4.78 is 10.6. The van der Waals surface area contributed by atoms with E-state index < -0.39 is 6.04 Å². The zero-order valence-electron chi connectivity index (χ0n) is 13.0. The van der Waals surface area contributed by atoms with Crippen LogP contribution in [0.15, 0.2) is 18.2 Å². The standard InChI is InChI=1S/C16H25NO3/c1-6-17-14(16(18)19-5)10-20-15-9-12(4)7-8-13(15)11(2)3/h7-9,11,14,17H,6,10H2,1-5H3. The minimum absolute atomic E-state index is 0.268. The number of benzene rings is 1. The zero-order valence-corrected chi connectivity index (χ0v) is 13.0. The minimum Gasteiger partial charge on any atom is -0.491 e. The van der Waals surface area contributed by atoms with E-state index in [9.17, 15) is 4.79 Å². The average molecular weight is 279 g/mol. The van der Waals surface area contributed by atoms with Crippen molar-refractivity contribution in [1.29, 1.82) is 0 Å². The van der Waals surface area contributed by atoms with Crippen LogP contribution >= 0.6 is 0 Å². The Hall–Kier alpha value is -1.55. The van der Waals surface area contributed by atoms with Gasteiger partial charge in [0.1, 0.15) is 18.4 Å². The smallest absolute Gasteiger partial charge is 0.326 e. The lowest BCUT2D eigenvalue weighted by atomic mass is 10.0. The SMILES string of the molecule is CCNC(COc1cc(C)ccc1C(C)C)C(=O)OC. The summed E-state index contributed by atoms with van der Waals surface area (Å²) in [7, 11) is 1.39. The van der Waals surface area contributed by atoms with Crippen molar-refractivity contribution in [1.82, 2.24) is 5.32 Å². The first-order chi connectivity index (χ1) is 9.49. The highest BCUT2D eigenvalue weighted by Crippen LogP contribution is 2.27. The number of hydrogen-bond acceptors (Lipinski definition) is 4. The minimum atomic E-state index is -0.439. The lowest BCUT2D eigenvalue weighted by Crippen LogP contribution is -2.42. The number of nitrogens with one attached hydrogen (secondary N) is 1. The van der Waals surface area contributed by atoms with E-state index in [0.29, 0.717) is 12.5 Å². The molecule has 0 heterocycles. The predicted octanol–water partition coefficient (Wildman–Crippen LogP) is 2.65. The highest BCUT2D eigenvalue weighted by atomic mass is 16.5. The molecular formula is C16H25NO3. The lowest BCUT2D eigenvalue weighted by molar-refractivity contribution is -0.143. The summed E-state index contributed by atoms with van der Waals surface area (Å²) in [5, 5.41) is 3.07. The van der Waals surface area contributed by atoms with Gasteiger partial charge in [-0.15, -0.1) is 0 Å². The maximum atomic E-state index is 11.6. The number of hydrogen-bond donors (Lipinski definition) is 1. The normalized spacial score (nSPS) is 12.3. The molecule has 1 atom stereocenters. The van der Waals surface area contributed by atoms with Crippen molar-refractivity contribution in [2.75, 3.05) is 20.3 Å². The van der Waals surface area contributed by atoms with Crippen LogP contribution in [0.1, 0.15) is 37.8 Å². The van der Waals surface area contributed by atoms with Crippen LogP contribution in [-0.4, -0.2) is 32.3 Å². The molecule has 0 aliphatic heterocycles. The number of esters is 1. The number of ether oxygens (including phenoxy) is 2. The van der Waals surface area contributed by atoms with Crippen molar-refractivity contribution in [2.45, 2.75) is 39.7 Å². The van der Waals surface area contributed by atoms with E-state index in [1.165, 1.54) is 7.11 Å². The molecule has 1 rings (SSSR count). The fraction of sp³-hybridized carbons (Fsp3) is 0.562. The molecule has 4 heteroatoms. The summed E-state index contributed by atoms with van der Waals surface area (Å²) in [5.74, 6) is 0.915. The maximum Gasteiger partial charge on any atom is 0.326 e. The molecule has 0 aliphatic carbocycles. The first-order valence-corrected chi connectivity index (χ1v) is 7.04. The third kappa shape index (κ3) is 4.53. The van der Waals surface area contributed by atoms with Crippen molar-refractivity contribution in [3.05, 3.63) is 29.3 Å². The van der Waals surface area contributed by atoms with E-state index >= 15 is 0 Å². The Morgan fingerprint density at radius 2 is 2.05 bits per heavy atom.